The predicted octanol–water partition coefficient (Wildman–Crippen LogP) is 6.63. The Labute approximate surface area is 290 Å². The Bertz CT molecular complexity index is 2040. The molecule has 8 rings (SSSR count). The van der Waals surface area contributed by atoms with Crippen molar-refractivity contribution in [1.82, 2.24) is 24.1 Å². The summed E-state index contributed by atoms with van der Waals surface area (Å²) in [5, 5.41) is 0. The standard InChI is InChI=1S/C38H42F3N5O3S/c1-24-42-34-7-2-3-8-35(34)46(24)30-20-28-11-12-29(21-30)45(28)18-15-38(25-5-4-6-26(39)19-25)13-16-44(17-14-38)37(47)31-22-36(33(41)23-32(31)40)50(48,49)43-27-9-10-27/h2-8,19,22-23,27-30,43H,9-18,20-21H2,1H3. The minimum absolute atomic E-state index is 0.274. The lowest BCUT2D eigenvalue weighted by molar-refractivity contribution is 0.0602. The molecular formula is C38H42F3N5O3S. The van der Waals surface area contributed by atoms with Gasteiger partial charge in [-0.3, -0.25) is 9.69 Å². The summed E-state index contributed by atoms with van der Waals surface area (Å²) >= 11 is 0. The average molecular weight is 706 g/mol. The second kappa shape index (κ2) is 12.8. The van der Waals surface area contributed by atoms with Gasteiger partial charge in [-0.15, -0.1) is 0 Å². The molecule has 4 aromatic rings. The van der Waals surface area contributed by atoms with Crippen LogP contribution in [0.5, 0.6) is 0 Å². The van der Waals surface area contributed by atoms with Crippen LogP contribution < -0.4 is 4.72 Å². The van der Waals surface area contributed by atoms with Gasteiger partial charge in [0, 0.05) is 43.3 Å². The molecule has 4 aliphatic rings. The van der Waals surface area contributed by atoms with Crippen molar-refractivity contribution in [3.05, 3.63) is 95.1 Å². The molecule has 1 aromatic heterocycles. The number of para-hydroxylation sites is 2. The molecule has 1 N–H and O–H groups in total. The normalized spacial score (nSPS) is 23.8. The van der Waals surface area contributed by atoms with E-state index in [-0.39, 0.29) is 24.9 Å². The Hall–Kier alpha value is -3.74. The summed E-state index contributed by atoms with van der Waals surface area (Å²) < 4.78 is 74.8. The Morgan fingerprint density at radius 3 is 2.32 bits per heavy atom. The molecule has 2 atom stereocenters. The smallest absolute Gasteiger partial charge is 0.256 e. The fraction of sp³-hybridized carbons (Fsp3) is 0.474. The molecule has 4 fully saturated rings. The molecule has 12 heteroatoms. The highest BCUT2D eigenvalue weighted by Crippen LogP contribution is 2.45. The lowest BCUT2D eigenvalue weighted by Gasteiger charge is -2.45. The number of aromatic nitrogens is 2. The number of fused-ring (bicyclic) bond motifs is 3. The van der Waals surface area contributed by atoms with Crippen molar-refractivity contribution in [3.63, 3.8) is 0 Å². The van der Waals surface area contributed by atoms with Gasteiger partial charge in [0.1, 0.15) is 28.2 Å². The minimum atomic E-state index is -4.25. The van der Waals surface area contributed by atoms with Crippen molar-refractivity contribution in [2.24, 2.45) is 0 Å². The number of hydrogen-bond donors (Lipinski definition) is 1. The third-order valence-corrected chi connectivity index (χ3v) is 13.3. The number of rotatable bonds is 9. The second-order valence-corrected chi connectivity index (χ2v) is 16.4. The van der Waals surface area contributed by atoms with Gasteiger partial charge in [-0.1, -0.05) is 24.3 Å². The maximum atomic E-state index is 15.0. The van der Waals surface area contributed by atoms with Crippen LogP contribution >= 0.6 is 0 Å². The molecule has 3 saturated heterocycles. The van der Waals surface area contributed by atoms with Crippen LogP contribution in [-0.2, 0) is 15.4 Å². The number of likely N-dealkylation sites (tertiary alicyclic amines) is 1. The number of carbonyl (C=O) groups is 1. The molecule has 2 bridgehead atoms. The molecule has 3 aromatic carbocycles. The molecular weight excluding hydrogens is 664 g/mol. The van der Waals surface area contributed by atoms with Gasteiger partial charge >= 0.3 is 0 Å². The number of aryl methyl sites for hydroxylation is 1. The second-order valence-electron chi connectivity index (χ2n) is 14.8. The van der Waals surface area contributed by atoms with Gasteiger partial charge in [0.2, 0.25) is 10.0 Å². The highest BCUT2D eigenvalue weighted by molar-refractivity contribution is 7.89. The first-order chi connectivity index (χ1) is 24.0. The van der Waals surface area contributed by atoms with E-state index in [0.717, 1.165) is 61.6 Å². The molecule has 1 aliphatic carbocycles. The van der Waals surface area contributed by atoms with E-state index < -0.39 is 43.4 Å². The fourth-order valence-corrected chi connectivity index (χ4v) is 10.4. The number of halogens is 3. The van der Waals surface area contributed by atoms with Crippen LogP contribution in [0.15, 0.2) is 65.6 Å². The Morgan fingerprint density at radius 2 is 1.62 bits per heavy atom. The van der Waals surface area contributed by atoms with Gasteiger partial charge in [-0.2, -0.15) is 0 Å². The van der Waals surface area contributed by atoms with Crippen LogP contribution in [0.3, 0.4) is 0 Å². The zero-order valence-corrected chi connectivity index (χ0v) is 28.9. The maximum Gasteiger partial charge on any atom is 0.256 e. The largest absolute Gasteiger partial charge is 0.338 e. The van der Waals surface area contributed by atoms with Crippen molar-refractivity contribution in [3.8, 4) is 0 Å². The topological polar surface area (TPSA) is 87.5 Å². The summed E-state index contributed by atoms with van der Waals surface area (Å²) in [5.41, 5.74) is 2.22. The third kappa shape index (κ3) is 6.13. The number of nitrogens with one attached hydrogen (secondary N) is 1. The lowest BCUT2D eigenvalue weighted by atomic mass is 9.70. The number of amides is 1. The lowest BCUT2D eigenvalue weighted by Crippen LogP contribution is -2.49. The van der Waals surface area contributed by atoms with E-state index in [4.69, 9.17) is 4.98 Å². The molecule has 50 heavy (non-hydrogen) atoms. The molecule has 4 heterocycles. The number of nitrogens with zero attached hydrogens (tertiary/aromatic N) is 4. The first-order valence-corrected chi connectivity index (χ1v) is 19.3. The highest BCUT2D eigenvalue weighted by Gasteiger charge is 2.44. The van der Waals surface area contributed by atoms with E-state index in [1.54, 1.807) is 12.1 Å². The number of carbonyl (C=O) groups excluding carboxylic acids is 1. The van der Waals surface area contributed by atoms with E-state index in [2.05, 4.69) is 39.3 Å². The van der Waals surface area contributed by atoms with Gasteiger partial charge in [0.15, 0.2) is 0 Å². The predicted molar refractivity (Wildman–Crippen MR) is 184 cm³/mol. The highest BCUT2D eigenvalue weighted by atomic mass is 32.2. The summed E-state index contributed by atoms with van der Waals surface area (Å²) in [5.74, 6) is -2.28. The van der Waals surface area contributed by atoms with Crippen molar-refractivity contribution in [2.45, 2.75) is 99.2 Å². The summed E-state index contributed by atoms with van der Waals surface area (Å²) in [4.78, 5) is 21.9. The van der Waals surface area contributed by atoms with Gasteiger partial charge in [0.05, 0.1) is 16.6 Å². The SMILES string of the molecule is Cc1nc2ccccc2n1C1CC2CCC(C1)N2CCC1(c2cccc(F)c2)CCN(C(=O)c2cc(S(=O)(=O)NC3CC3)c(F)cc2F)CC1. The molecule has 2 unspecified atom stereocenters. The van der Waals surface area contributed by atoms with Gasteiger partial charge in [-0.25, -0.2) is 31.3 Å². The molecule has 0 radical (unpaired) electrons. The monoisotopic (exact) mass is 705 g/mol. The number of hydrogen-bond acceptors (Lipinski definition) is 5. The molecule has 8 nitrogen and oxygen atoms in total. The van der Waals surface area contributed by atoms with Crippen LogP contribution in [0.4, 0.5) is 13.2 Å². The number of piperidine rings is 2. The van der Waals surface area contributed by atoms with E-state index in [1.165, 1.54) is 16.5 Å². The fourth-order valence-electron chi connectivity index (χ4n) is 8.98. The zero-order valence-electron chi connectivity index (χ0n) is 28.1. The van der Waals surface area contributed by atoms with Crippen LogP contribution in [0.2, 0.25) is 0 Å². The van der Waals surface area contributed by atoms with Gasteiger partial charge in [-0.05, 0) is 113 Å². The summed E-state index contributed by atoms with van der Waals surface area (Å²) in [6.45, 7) is 3.48. The number of benzene rings is 3. The molecule has 264 valence electrons. The summed E-state index contributed by atoms with van der Waals surface area (Å²) in [6, 6.07) is 17.3. The Kier molecular flexibility index (Phi) is 8.55. The third-order valence-electron chi connectivity index (χ3n) is 11.7. The number of sulfonamides is 1. The van der Waals surface area contributed by atoms with Crippen molar-refractivity contribution >= 4 is 27.0 Å². The van der Waals surface area contributed by atoms with Crippen molar-refractivity contribution in [2.75, 3.05) is 19.6 Å². The van der Waals surface area contributed by atoms with Crippen LogP contribution in [0, 0.1) is 24.4 Å². The molecule has 1 amide bonds. The Balaban J connectivity index is 0.992. The van der Waals surface area contributed by atoms with E-state index in [0.29, 0.717) is 49.9 Å². The van der Waals surface area contributed by atoms with Crippen LogP contribution in [-0.4, -0.2) is 71.4 Å². The van der Waals surface area contributed by atoms with Crippen molar-refractivity contribution < 1.29 is 26.4 Å². The quantitative estimate of drug-likeness (QED) is 0.211. The minimum Gasteiger partial charge on any atom is -0.338 e. The Morgan fingerprint density at radius 1 is 0.900 bits per heavy atom. The molecule has 3 aliphatic heterocycles. The average Bonchev–Trinajstić information content (AvgIpc) is 3.78. The van der Waals surface area contributed by atoms with Crippen LogP contribution in [0.1, 0.15) is 85.6 Å². The number of imidazole rings is 1. The molecule has 0 spiro atoms. The van der Waals surface area contributed by atoms with Gasteiger partial charge < -0.3 is 9.47 Å². The molecule has 1 saturated carbocycles. The van der Waals surface area contributed by atoms with Crippen LogP contribution in [0.25, 0.3) is 11.0 Å². The van der Waals surface area contributed by atoms with Gasteiger partial charge in [0.25, 0.3) is 5.91 Å². The first kappa shape index (κ1) is 33.4. The van der Waals surface area contributed by atoms with E-state index >= 15 is 4.39 Å². The van der Waals surface area contributed by atoms with Crippen molar-refractivity contribution in [1.29, 1.82) is 0 Å². The summed E-state index contributed by atoms with van der Waals surface area (Å²) in [7, 11) is -4.25. The zero-order chi connectivity index (χ0) is 34.8. The summed E-state index contributed by atoms with van der Waals surface area (Å²) in [6.07, 6.45) is 7.51. The first-order valence-electron chi connectivity index (χ1n) is 17.8. The maximum absolute atomic E-state index is 15.0. The van der Waals surface area contributed by atoms with E-state index in [1.807, 2.05) is 12.1 Å². The van der Waals surface area contributed by atoms with E-state index in [9.17, 15) is 22.0 Å².